The van der Waals surface area contributed by atoms with Gasteiger partial charge in [0, 0.05) is 11.6 Å². The third kappa shape index (κ3) is 2.64. The minimum atomic E-state index is -0.562. The van der Waals surface area contributed by atoms with Crippen LogP contribution in [0.15, 0.2) is 52.0 Å². The first-order valence-electron chi connectivity index (χ1n) is 10.1. The number of carbonyl (C=O) groups is 2. The molecule has 1 saturated heterocycles. The molecular weight excluding hydrogens is 422 g/mol. The first-order valence-corrected chi connectivity index (χ1v) is 10.5. The number of carbonyl (C=O) groups excluding carboxylic acids is 2. The summed E-state index contributed by atoms with van der Waals surface area (Å²) in [6.07, 6.45) is 6.67. The number of halogens is 1. The topological polar surface area (TPSA) is 106 Å². The molecule has 0 radical (unpaired) electrons. The maximum absolute atomic E-state index is 12.9. The van der Waals surface area contributed by atoms with Crippen molar-refractivity contribution < 1.29 is 18.9 Å². The standard InChI is InChI=1S/C22H16ClN3O5/c23-16-5-1-10(7-17(16)26(29)30)18-6-2-11(31-18)9-24-25-21(27)19-12-3-4-13(15-8-14(12)15)20(19)22(25)28/h1-7,9,12-15,19-20H,8H2/b24-9-/t12-,13-,14-,15+,19-,20-/m1/s1. The molecule has 9 heteroatoms. The van der Waals surface area contributed by atoms with Gasteiger partial charge in [0.25, 0.3) is 17.5 Å². The molecule has 5 aliphatic rings. The number of rotatable bonds is 4. The van der Waals surface area contributed by atoms with Crippen molar-refractivity contribution in [2.75, 3.05) is 0 Å². The summed E-state index contributed by atoms with van der Waals surface area (Å²) in [5.41, 5.74) is 0.264. The van der Waals surface area contributed by atoms with Gasteiger partial charge in [0.2, 0.25) is 0 Å². The van der Waals surface area contributed by atoms with Crippen LogP contribution in [0.25, 0.3) is 11.3 Å². The van der Waals surface area contributed by atoms with Crippen LogP contribution < -0.4 is 0 Å². The van der Waals surface area contributed by atoms with Crippen LogP contribution >= 0.6 is 11.6 Å². The van der Waals surface area contributed by atoms with E-state index in [2.05, 4.69) is 17.3 Å². The van der Waals surface area contributed by atoms with Crippen LogP contribution in [-0.2, 0) is 9.59 Å². The lowest BCUT2D eigenvalue weighted by atomic mass is 9.63. The number of allylic oxidation sites excluding steroid dienone is 2. The van der Waals surface area contributed by atoms with Gasteiger partial charge in [-0.05, 0) is 54.4 Å². The number of benzene rings is 1. The molecule has 1 aromatic heterocycles. The van der Waals surface area contributed by atoms with E-state index in [-0.39, 0.29) is 46.2 Å². The van der Waals surface area contributed by atoms with E-state index in [1.54, 1.807) is 18.2 Å². The fraction of sp³-hybridized carbons (Fsp3) is 0.318. The zero-order chi connectivity index (χ0) is 21.4. The quantitative estimate of drug-likeness (QED) is 0.237. The highest BCUT2D eigenvalue weighted by molar-refractivity contribution is 6.32. The van der Waals surface area contributed by atoms with Crippen molar-refractivity contribution in [2.45, 2.75) is 6.42 Å². The fourth-order valence-electron chi connectivity index (χ4n) is 5.55. The average Bonchev–Trinajstić information content (AvgIpc) is 3.39. The van der Waals surface area contributed by atoms with Gasteiger partial charge in [-0.2, -0.15) is 10.1 Å². The molecule has 31 heavy (non-hydrogen) atoms. The van der Waals surface area contributed by atoms with Crippen LogP contribution in [0.3, 0.4) is 0 Å². The Morgan fingerprint density at radius 1 is 1.10 bits per heavy atom. The number of nitro benzene ring substituents is 1. The highest BCUT2D eigenvalue weighted by atomic mass is 35.5. The van der Waals surface area contributed by atoms with E-state index in [0.717, 1.165) is 11.4 Å². The zero-order valence-corrected chi connectivity index (χ0v) is 16.8. The molecule has 7 rings (SSSR count). The average molecular weight is 438 g/mol. The monoisotopic (exact) mass is 437 g/mol. The van der Waals surface area contributed by atoms with Crippen molar-refractivity contribution in [1.82, 2.24) is 5.01 Å². The Balaban J connectivity index is 1.24. The van der Waals surface area contributed by atoms with Gasteiger partial charge in [0.15, 0.2) is 0 Å². The van der Waals surface area contributed by atoms with Gasteiger partial charge < -0.3 is 4.42 Å². The van der Waals surface area contributed by atoms with Crippen LogP contribution in [0.1, 0.15) is 12.2 Å². The third-order valence-electron chi connectivity index (χ3n) is 6.99. The molecule has 3 fully saturated rings. The number of hydrogen-bond donors (Lipinski definition) is 0. The summed E-state index contributed by atoms with van der Waals surface area (Å²) >= 11 is 5.85. The van der Waals surface area contributed by atoms with E-state index < -0.39 is 4.92 Å². The second-order valence-electron chi connectivity index (χ2n) is 8.51. The maximum Gasteiger partial charge on any atom is 0.288 e. The van der Waals surface area contributed by atoms with Gasteiger partial charge in [-0.25, -0.2) is 0 Å². The van der Waals surface area contributed by atoms with E-state index in [1.165, 1.54) is 18.3 Å². The normalized spacial score (nSPS) is 32.6. The number of nitrogens with zero attached hydrogens (tertiary/aromatic N) is 3. The summed E-state index contributed by atoms with van der Waals surface area (Å²) < 4.78 is 5.70. The molecule has 1 aliphatic heterocycles. The SMILES string of the molecule is O=C1[C@@H]2[C@@H]3C=C[C@H]([C@@H]4C[C@H]34)[C@H]2C(=O)N1/N=C\c1ccc(-c2ccc(Cl)c([N+](=O)[O-])c2)o1. The van der Waals surface area contributed by atoms with E-state index in [9.17, 15) is 19.7 Å². The van der Waals surface area contributed by atoms with Crippen molar-refractivity contribution in [3.05, 3.63) is 63.4 Å². The van der Waals surface area contributed by atoms with Crippen molar-refractivity contribution in [3.8, 4) is 11.3 Å². The minimum absolute atomic E-state index is 0.0377. The van der Waals surface area contributed by atoms with E-state index >= 15 is 0 Å². The first kappa shape index (κ1) is 18.5. The van der Waals surface area contributed by atoms with Crippen molar-refractivity contribution in [1.29, 1.82) is 0 Å². The molecule has 8 nitrogen and oxygen atoms in total. The van der Waals surface area contributed by atoms with Gasteiger partial charge in [-0.3, -0.25) is 19.7 Å². The number of nitro groups is 1. The van der Waals surface area contributed by atoms with E-state index in [4.69, 9.17) is 16.0 Å². The molecule has 0 unspecified atom stereocenters. The molecule has 2 heterocycles. The third-order valence-corrected chi connectivity index (χ3v) is 7.31. The van der Waals surface area contributed by atoms with E-state index in [1.807, 2.05) is 0 Å². The summed E-state index contributed by atoms with van der Waals surface area (Å²) in [7, 11) is 0. The maximum atomic E-state index is 12.9. The molecule has 1 aromatic carbocycles. The molecule has 2 saturated carbocycles. The molecule has 2 aromatic rings. The summed E-state index contributed by atoms with van der Waals surface area (Å²) in [5.74, 6) is 0.992. The summed E-state index contributed by atoms with van der Waals surface area (Å²) in [4.78, 5) is 36.4. The Labute approximate surface area is 181 Å². The predicted octanol–water partition coefficient (Wildman–Crippen LogP) is 3.90. The van der Waals surface area contributed by atoms with Crippen molar-refractivity contribution in [2.24, 2.45) is 40.6 Å². The van der Waals surface area contributed by atoms with Crippen LogP contribution in [-0.4, -0.2) is 28.0 Å². The van der Waals surface area contributed by atoms with Crippen LogP contribution in [0.4, 0.5) is 5.69 Å². The molecule has 6 atom stereocenters. The Kier molecular flexibility index (Phi) is 3.80. The highest BCUT2D eigenvalue weighted by Crippen LogP contribution is 2.65. The van der Waals surface area contributed by atoms with Crippen LogP contribution in [0.5, 0.6) is 0 Å². The number of furan rings is 1. The Bertz CT molecular complexity index is 1180. The largest absolute Gasteiger partial charge is 0.455 e. The smallest absolute Gasteiger partial charge is 0.288 e. The van der Waals surface area contributed by atoms with Gasteiger partial charge in [0.1, 0.15) is 16.5 Å². The molecule has 0 spiro atoms. The van der Waals surface area contributed by atoms with Crippen molar-refractivity contribution >= 4 is 35.3 Å². The zero-order valence-electron chi connectivity index (χ0n) is 16.1. The number of hydrogen-bond acceptors (Lipinski definition) is 6. The molecular formula is C22H16ClN3O5. The molecule has 2 amide bonds. The van der Waals surface area contributed by atoms with Gasteiger partial charge >= 0.3 is 0 Å². The highest BCUT2D eigenvalue weighted by Gasteiger charge is 2.67. The predicted molar refractivity (Wildman–Crippen MR) is 110 cm³/mol. The minimum Gasteiger partial charge on any atom is -0.455 e. The summed E-state index contributed by atoms with van der Waals surface area (Å²) in [6.45, 7) is 0. The summed E-state index contributed by atoms with van der Waals surface area (Å²) in [6, 6.07) is 7.63. The first-order chi connectivity index (χ1) is 14.9. The second-order valence-corrected chi connectivity index (χ2v) is 8.92. The number of imide groups is 1. The lowest BCUT2D eigenvalue weighted by Crippen LogP contribution is -2.40. The lowest BCUT2D eigenvalue weighted by molar-refractivity contribution is -0.384. The fourth-order valence-corrected chi connectivity index (χ4v) is 5.74. The Hall–Kier alpha value is -3.26. The lowest BCUT2D eigenvalue weighted by Gasteiger charge is -2.37. The molecule has 0 N–H and O–H groups in total. The molecule has 2 bridgehead atoms. The Morgan fingerprint density at radius 3 is 2.42 bits per heavy atom. The van der Waals surface area contributed by atoms with Gasteiger partial charge in [-0.15, -0.1) is 0 Å². The molecule has 156 valence electrons. The van der Waals surface area contributed by atoms with Crippen LogP contribution in [0.2, 0.25) is 5.02 Å². The number of amides is 2. The van der Waals surface area contributed by atoms with Crippen molar-refractivity contribution in [3.63, 3.8) is 0 Å². The van der Waals surface area contributed by atoms with Gasteiger partial charge in [-0.1, -0.05) is 23.8 Å². The van der Waals surface area contributed by atoms with E-state index in [0.29, 0.717) is 28.9 Å². The molecule has 4 aliphatic carbocycles. The number of hydrazone groups is 1. The second kappa shape index (κ2) is 6.37. The van der Waals surface area contributed by atoms with Crippen LogP contribution in [0, 0.1) is 45.6 Å². The Morgan fingerprint density at radius 2 is 1.77 bits per heavy atom. The van der Waals surface area contributed by atoms with Gasteiger partial charge in [0.05, 0.1) is 23.0 Å². The summed E-state index contributed by atoms with van der Waals surface area (Å²) in [5, 5.41) is 16.3.